The lowest BCUT2D eigenvalue weighted by Crippen LogP contribution is -2.42. The van der Waals surface area contributed by atoms with Gasteiger partial charge in [-0.15, -0.1) is 0 Å². The van der Waals surface area contributed by atoms with Crippen molar-refractivity contribution in [1.29, 1.82) is 0 Å². The number of urea groups is 1. The van der Waals surface area contributed by atoms with E-state index in [-0.39, 0.29) is 12.1 Å². The standard InChI is InChI=1S/C17H24N6O2/c1-14(12-22-5-4-18-13-22)21-17(24)20-11-15-2-3-16(19-10-15)23-6-8-25-9-7-23/h2-5,10,13-14H,6-9,11-12H2,1H3,(H2,20,21,24)/t14-/m1/s1. The van der Waals surface area contributed by atoms with Crippen LogP contribution in [0.1, 0.15) is 12.5 Å². The molecule has 2 N–H and O–H groups in total. The van der Waals surface area contributed by atoms with E-state index in [0.717, 1.165) is 37.7 Å². The zero-order valence-corrected chi connectivity index (χ0v) is 14.4. The molecule has 1 atom stereocenters. The lowest BCUT2D eigenvalue weighted by Gasteiger charge is -2.27. The highest BCUT2D eigenvalue weighted by Gasteiger charge is 2.12. The molecule has 2 aromatic rings. The Hall–Kier alpha value is -2.61. The maximum absolute atomic E-state index is 12.0. The molecule has 0 bridgehead atoms. The van der Waals surface area contributed by atoms with Crippen molar-refractivity contribution < 1.29 is 9.53 Å². The minimum Gasteiger partial charge on any atom is -0.378 e. The van der Waals surface area contributed by atoms with Crippen LogP contribution in [0.2, 0.25) is 0 Å². The van der Waals surface area contributed by atoms with E-state index in [1.165, 1.54) is 0 Å². The summed E-state index contributed by atoms with van der Waals surface area (Å²) in [6, 6.07) is 3.80. The van der Waals surface area contributed by atoms with Gasteiger partial charge in [-0.1, -0.05) is 6.07 Å². The molecule has 0 aliphatic carbocycles. The van der Waals surface area contributed by atoms with E-state index < -0.39 is 0 Å². The predicted molar refractivity (Wildman–Crippen MR) is 94.3 cm³/mol. The number of pyridine rings is 1. The predicted octanol–water partition coefficient (Wildman–Crippen LogP) is 1.00. The Labute approximate surface area is 147 Å². The Bertz CT molecular complexity index is 652. The number of carbonyl (C=O) groups excluding carboxylic acids is 1. The van der Waals surface area contributed by atoms with Gasteiger partial charge >= 0.3 is 6.03 Å². The van der Waals surface area contributed by atoms with Crippen molar-refractivity contribution in [3.05, 3.63) is 42.6 Å². The number of amides is 2. The first-order valence-corrected chi connectivity index (χ1v) is 8.48. The van der Waals surface area contributed by atoms with Crippen molar-refractivity contribution in [2.75, 3.05) is 31.2 Å². The van der Waals surface area contributed by atoms with Crippen LogP contribution in [0.4, 0.5) is 10.6 Å². The Balaban J connectivity index is 1.42. The minimum atomic E-state index is -0.190. The number of imidazole rings is 1. The number of hydrogen-bond acceptors (Lipinski definition) is 5. The molecule has 1 fully saturated rings. The molecule has 8 nitrogen and oxygen atoms in total. The molecule has 2 amide bonds. The molecule has 2 aromatic heterocycles. The minimum absolute atomic E-state index is 0.0102. The summed E-state index contributed by atoms with van der Waals surface area (Å²) in [6.45, 7) is 6.29. The van der Waals surface area contributed by atoms with Gasteiger partial charge in [0.2, 0.25) is 0 Å². The first-order valence-electron chi connectivity index (χ1n) is 8.48. The highest BCUT2D eigenvalue weighted by Crippen LogP contribution is 2.12. The number of nitrogens with one attached hydrogen (secondary N) is 2. The van der Waals surface area contributed by atoms with E-state index in [2.05, 4.69) is 25.5 Å². The third-order valence-electron chi connectivity index (χ3n) is 4.02. The fourth-order valence-corrected chi connectivity index (χ4v) is 2.71. The van der Waals surface area contributed by atoms with E-state index in [0.29, 0.717) is 13.1 Å². The van der Waals surface area contributed by atoms with Crippen molar-refractivity contribution in [3.63, 3.8) is 0 Å². The largest absolute Gasteiger partial charge is 0.378 e. The lowest BCUT2D eigenvalue weighted by atomic mass is 10.2. The molecular weight excluding hydrogens is 320 g/mol. The first kappa shape index (κ1) is 17.2. The van der Waals surface area contributed by atoms with Gasteiger partial charge in [0.1, 0.15) is 5.82 Å². The monoisotopic (exact) mass is 344 g/mol. The van der Waals surface area contributed by atoms with Crippen LogP contribution in [0.5, 0.6) is 0 Å². The molecule has 1 saturated heterocycles. The van der Waals surface area contributed by atoms with Crippen LogP contribution < -0.4 is 15.5 Å². The second kappa shape index (κ2) is 8.48. The van der Waals surface area contributed by atoms with E-state index in [1.807, 2.05) is 29.8 Å². The summed E-state index contributed by atoms with van der Waals surface area (Å²) in [5.41, 5.74) is 0.967. The van der Waals surface area contributed by atoms with Crippen LogP contribution in [0.3, 0.4) is 0 Å². The number of carbonyl (C=O) groups is 1. The maximum Gasteiger partial charge on any atom is 0.315 e. The maximum atomic E-state index is 12.0. The molecule has 0 aromatic carbocycles. The number of aromatic nitrogens is 3. The summed E-state index contributed by atoms with van der Waals surface area (Å²) in [4.78, 5) is 22.6. The van der Waals surface area contributed by atoms with Crippen molar-refractivity contribution in [2.24, 2.45) is 0 Å². The topological polar surface area (TPSA) is 84.3 Å². The summed E-state index contributed by atoms with van der Waals surface area (Å²) in [5, 5.41) is 5.77. The van der Waals surface area contributed by atoms with Gasteiger partial charge in [-0.2, -0.15) is 0 Å². The molecule has 1 aliphatic rings. The zero-order valence-electron chi connectivity index (χ0n) is 14.4. The van der Waals surface area contributed by atoms with Crippen LogP contribution in [0.15, 0.2) is 37.1 Å². The van der Waals surface area contributed by atoms with Crippen LogP contribution in [0, 0.1) is 0 Å². The molecule has 1 aliphatic heterocycles. The highest BCUT2D eigenvalue weighted by atomic mass is 16.5. The van der Waals surface area contributed by atoms with Gasteiger partial charge in [0.25, 0.3) is 0 Å². The molecule has 0 spiro atoms. The summed E-state index contributed by atoms with van der Waals surface area (Å²) >= 11 is 0. The number of hydrogen-bond donors (Lipinski definition) is 2. The summed E-state index contributed by atoms with van der Waals surface area (Å²) in [7, 11) is 0. The van der Waals surface area contributed by atoms with E-state index in [4.69, 9.17) is 4.74 Å². The summed E-state index contributed by atoms with van der Waals surface area (Å²) in [6.07, 6.45) is 7.13. The van der Waals surface area contributed by atoms with E-state index in [9.17, 15) is 4.79 Å². The highest BCUT2D eigenvalue weighted by molar-refractivity contribution is 5.74. The van der Waals surface area contributed by atoms with Crippen molar-refractivity contribution >= 4 is 11.8 Å². The number of rotatable bonds is 6. The summed E-state index contributed by atoms with van der Waals surface area (Å²) < 4.78 is 7.28. The van der Waals surface area contributed by atoms with E-state index in [1.54, 1.807) is 18.7 Å². The number of nitrogens with zero attached hydrogens (tertiary/aromatic N) is 4. The molecule has 25 heavy (non-hydrogen) atoms. The van der Waals surface area contributed by atoms with E-state index >= 15 is 0 Å². The molecule has 3 rings (SSSR count). The van der Waals surface area contributed by atoms with Crippen LogP contribution in [-0.4, -0.2) is 52.9 Å². The van der Waals surface area contributed by atoms with Crippen LogP contribution >= 0.6 is 0 Å². The average molecular weight is 344 g/mol. The lowest BCUT2D eigenvalue weighted by molar-refractivity contribution is 0.122. The normalized spacial score (nSPS) is 15.6. The fraction of sp³-hybridized carbons (Fsp3) is 0.471. The molecule has 134 valence electrons. The van der Waals surface area contributed by atoms with Crippen molar-refractivity contribution in [3.8, 4) is 0 Å². The molecule has 3 heterocycles. The quantitative estimate of drug-likeness (QED) is 0.817. The Morgan fingerprint density at radius 1 is 1.36 bits per heavy atom. The number of ether oxygens (including phenoxy) is 1. The van der Waals surface area contributed by atoms with Gasteiger partial charge in [-0.05, 0) is 18.6 Å². The Morgan fingerprint density at radius 2 is 2.20 bits per heavy atom. The van der Waals surface area contributed by atoms with Crippen LogP contribution in [0.25, 0.3) is 0 Å². The smallest absolute Gasteiger partial charge is 0.315 e. The Kier molecular flexibility index (Phi) is 5.84. The van der Waals surface area contributed by atoms with Gasteiger partial charge in [0.05, 0.1) is 19.5 Å². The van der Waals surface area contributed by atoms with Crippen molar-refractivity contribution in [1.82, 2.24) is 25.2 Å². The van der Waals surface area contributed by atoms with Crippen molar-refractivity contribution in [2.45, 2.75) is 26.1 Å². The third-order valence-corrected chi connectivity index (χ3v) is 4.02. The average Bonchev–Trinajstić information content (AvgIpc) is 3.14. The van der Waals surface area contributed by atoms with Gasteiger partial charge in [0.15, 0.2) is 0 Å². The first-order chi connectivity index (χ1) is 12.2. The zero-order chi connectivity index (χ0) is 17.5. The van der Waals surface area contributed by atoms with Gasteiger partial charge < -0.3 is 24.8 Å². The molecule has 0 radical (unpaired) electrons. The van der Waals surface area contributed by atoms with Crippen LogP contribution in [-0.2, 0) is 17.8 Å². The molecule has 0 saturated carbocycles. The molecular formula is C17H24N6O2. The number of anilines is 1. The Morgan fingerprint density at radius 3 is 2.88 bits per heavy atom. The fourth-order valence-electron chi connectivity index (χ4n) is 2.71. The third kappa shape index (κ3) is 5.18. The van der Waals surface area contributed by atoms with Gasteiger partial charge in [-0.25, -0.2) is 14.8 Å². The number of morpholine rings is 1. The summed E-state index contributed by atoms with van der Waals surface area (Å²) in [5.74, 6) is 0.949. The molecule has 0 unspecified atom stereocenters. The molecule has 8 heteroatoms. The second-order valence-corrected chi connectivity index (χ2v) is 6.11. The van der Waals surface area contributed by atoms with Gasteiger partial charge in [0, 0.05) is 50.8 Å². The van der Waals surface area contributed by atoms with Gasteiger partial charge in [-0.3, -0.25) is 0 Å². The SMILES string of the molecule is C[C@H](Cn1ccnc1)NC(=O)NCc1ccc(N2CCOCC2)nc1. The second-order valence-electron chi connectivity index (χ2n) is 6.11.